The molecule has 2 unspecified atom stereocenters. The minimum absolute atomic E-state index is 0. The highest BCUT2D eigenvalue weighted by Gasteiger charge is 2.28. The van der Waals surface area contributed by atoms with Gasteiger partial charge in [-0.3, -0.25) is 4.79 Å². The number of rotatable bonds is 3. The summed E-state index contributed by atoms with van der Waals surface area (Å²) in [4.78, 5) is 16.6. The molecule has 114 valence electrons. The van der Waals surface area contributed by atoms with Crippen LogP contribution >= 0.6 is 23.7 Å². The number of amides is 1. The lowest BCUT2D eigenvalue weighted by Gasteiger charge is -2.07. The zero-order valence-corrected chi connectivity index (χ0v) is 13.3. The summed E-state index contributed by atoms with van der Waals surface area (Å²) in [6, 6.07) is 5.84. The van der Waals surface area contributed by atoms with E-state index >= 15 is 0 Å². The maximum absolute atomic E-state index is 12.1. The summed E-state index contributed by atoms with van der Waals surface area (Å²) in [6.07, 6.45) is 2.56. The van der Waals surface area contributed by atoms with Gasteiger partial charge >= 0.3 is 0 Å². The van der Waals surface area contributed by atoms with E-state index in [1.165, 1.54) is 11.3 Å². The van der Waals surface area contributed by atoms with Crippen molar-refractivity contribution in [2.24, 2.45) is 11.7 Å². The second kappa shape index (κ2) is 6.60. The topological polar surface area (TPSA) is 77.2 Å². The van der Waals surface area contributed by atoms with Crippen LogP contribution in [0.25, 0.3) is 10.2 Å². The highest BCUT2D eigenvalue weighted by molar-refractivity contribution is 7.22. The number of hydrogen-bond donors (Lipinski definition) is 2. The number of carbonyl (C=O) groups excluding carboxylic acids is 1. The minimum atomic E-state index is 0. The Labute approximate surface area is 133 Å². The maximum atomic E-state index is 12.1. The zero-order chi connectivity index (χ0) is 14.1. The molecule has 0 spiro atoms. The van der Waals surface area contributed by atoms with Crippen molar-refractivity contribution >= 4 is 45.0 Å². The number of methoxy groups -OCH3 is 1. The first-order valence-corrected chi connectivity index (χ1v) is 7.48. The average molecular weight is 328 g/mol. The van der Waals surface area contributed by atoms with Crippen LogP contribution in [0, 0.1) is 5.92 Å². The maximum Gasteiger partial charge on any atom is 0.229 e. The molecule has 1 aliphatic carbocycles. The van der Waals surface area contributed by atoms with Gasteiger partial charge in [-0.05, 0) is 37.5 Å². The van der Waals surface area contributed by atoms with Crippen LogP contribution in [-0.2, 0) is 4.79 Å². The van der Waals surface area contributed by atoms with Crippen molar-refractivity contribution < 1.29 is 9.53 Å². The van der Waals surface area contributed by atoms with Crippen molar-refractivity contribution in [1.82, 2.24) is 4.98 Å². The van der Waals surface area contributed by atoms with E-state index < -0.39 is 0 Å². The smallest absolute Gasteiger partial charge is 0.229 e. The molecule has 1 fully saturated rings. The third-order valence-corrected chi connectivity index (χ3v) is 4.60. The third-order valence-electron chi connectivity index (χ3n) is 3.67. The molecule has 1 aromatic heterocycles. The quantitative estimate of drug-likeness (QED) is 0.908. The highest BCUT2D eigenvalue weighted by Crippen LogP contribution is 2.31. The Kier molecular flexibility index (Phi) is 5.03. The van der Waals surface area contributed by atoms with E-state index in [1.807, 2.05) is 18.2 Å². The van der Waals surface area contributed by atoms with E-state index in [9.17, 15) is 4.79 Å². The Hall–Kier alpha value is -1.37. The Morgan fingerprint density at radius 1 is 1.48 bits per heavy atom. The van der Waals surface area contributed by atoms with Gasteiger partial charge in [0.1, 0.15) is 5.75 Å². The summed E-state index contributed by atoms with van der Waals surface area (Å²) in [5.74, 6) is 0.844. The minimum Gasteiger partial charge on any atom is -0.497 e. The van der Waals surface area contributed by atoms with Gasteiger partial charge in [0.05, 0.1) is 17.3 Å². The number of nitrogens with one attached hydrogen (secondary N) is 1. The predicted molar refractivity (Wildman–Crippen MR) is 87.4 cm³/mol. The molecule has 1 amide bonds. The lowest BCUT2D eigenvalue weighted by Crippen LogP contribution is -2.23. The van der Waals surface area contributed by atoms with Gasteiger partial charge in [-0.1, -0.05) is 11.3 Å². The first kappa shape index (κ1) is 16.0. The molecule has 21 heavy (non-hydrogen) atoms. The number of benzene rings is 1. The van der Waals surface area contributed by atoms with E-state index in [-0.39, 0.29) is 30.3 Å². The summed E-state index contributed by atoms with van der Waals surface area (Å²) < 4.78 is 6.19. The summed E-state index contributed by atoms with van der Waals surface area (Å²) in [7, 11) is 1.63. The highest BCUT2D eigenvalue weighted by atomic mass is 35.5. The molecule has 3 rings (SSSR count). The predicted octanol–water partition coefficient (Wildman–Crippen LogP) is 2.79. The number of fused-ring (bicyclic) bond motifs is 1. The lowest BCUT2D eigenvalue weighted by atomic mass is 10.1. The number of hydrogen-bond acceptors (Lipinski definition) is 5. The molecule has 1 heterocycles. The Balaban J connectivity index is 0.00000161. The van der Waals surface area contributed by atoms with Gasteiger partial charge in [-0.25, -0.2) is 4.98 Å². The largest absolute Gasteiger partial charge is 0.497 e. The number of carbonyl (C=O) groups is 1. The van der Waals surface area contributed by atoms with Crippen LogP contribution in [0.2, 0.25) is 0 Å². The third kappa shape index (κ3) is 3.45. The summed E-state index contributed by atoms with van der Waals surface area (Å²) in [5.41, 5.74) is 6.71. The Morgan fingerprint density at radius 2 is 2.29 bits per heavy atom. The Bertz CT molecular complexity index is 646. The van der Waals surface area contributed by atoms with Gasteiger partial charge in [0.15, 0.2) is 5.13 Å². The van der Waals surface area contributed by atoms with Crippen LogP contribution in [0.5, 0.6) is 5.75 Å². The molecule has 1 saturated carbocycles. The molecule has 1 aromatic carbocycles. The molecule has 2 aromatic rings. The van der Waals surface area contributed by atoms with Crippen molar-refractivity contribution in [3.63, 3.8) is 0 Å². The fraction of sp³-hybridized carbons (Fsp3) is 0.429. The van der Waals surface area contributed by atoms with Crippen LogP contribution in [0.15, 0.2) is 18.2 Å². The molecular weight excluding hydrogens is 310 g/mol. The number of nitrogens with two attached hydrogens (primary N) is 1. The van der Waals surface area contributed by atoms with Crippen LogP contribution in [0.3, 0.4) is 0 Å². The average Bonchev–Trinajstić information content (AvgIpc) is 3.03. The molecule has 2 atom stereocenters. The van der Waals surface area contributed by atoms with Crippen molar-refractivity contribution in [3.05, 3.63) is 18.2 Å². The van der Waals surface area contributed by atoms with Crippen LogP contribution < -0.4 is 15.8 Å². The van der Waals surface area contributed by atoms with Gasteiger partial charge in [-0.15, -0.1) is 12.4 Å². The van der Waals surface area contributed by atoms with E-state index in [0.717, 1.165) is 35.2 Å². The van der Waals surface area contributed by atoms with Gasteiger partial charge in [0, 0.05) is 12.0 Å². The standard InChI is InChI=1S/C14H17N3O2S.ClH/c1-19-10-4-5-11-12(7-10)20-14(16-11)17-13(18)8-2-3-9(15)6-8;/h4-5,7-9H,2-3,6,15H2,1H3,(H,16,17,18);1H. The lowest BCUT2D eigenvalue weighted by molar-refractivity contribution is -0.119. The number of halogens is 1. The van der Waals surface area contributed by atoms with E-state index in [2.05, 4.69) is 10.3 Å². The molecular formula is C14H18ClN3O2S. The van der Waals surface area contributed by atoms with E-state index in [1.54, 1.807) is 7.11 Å². The van der Waals surface area contributed by atoms with Crippen molar-refractivity contribution in [1.29, 1.82) is 0 Å². The normalized spacial score (nSPS) is 21.0. The number of ether oxygens (including phenoxy) is 1. The van der Waals surface area contributed by atoms with Crippen molar-refractivity contribution in [2.75, 3.05) is 12.4 Å². The number of thiazole rings is 1. The fourth-order valence-corrected chi connectivity index (χ4v) is 3.44. The number of anilines is 1. The van der Waals surface area contributed by atoms with Crippen LogP contribution in [0.4, 0.5) is 5.13 Å². The first-order chi connectivity index (χ1) is 9.65. The first-order valence-electron chi connectivity index (χ1n) is 6.66. The van der Waals surface area contributed by atoms with Crippen LogP contribution in [-0.4, -0.2) is 24.0 Å². The van der Waals surface area contributed by atoms with E-state index in [0.29, 0.717) is 5.13 Å². The molecule has 5 nitrogen and oxygen atoms in total. The second-order valence-corrected chi connectivity index (χ2v) is 6.14. The molecule has 0 radical (unpaired) electrons. The SMILES string of the molecule is COc1ccc2nc(NC(=O)C3CCC(N)C3)sc2c1.Cl. The molecule has 1 aliphatic rings. The molecule has 7 heteroatoms. The molecule has 0 saturated heterocycles. The summed E-state index contributed by atoms with van der Waals surface area (Å²) >= 11 is 1.46. The second-order valence-electron chi connectivity index (χ2n) is 5.11. The van der Waals surface area contributed by atoms with Gasteiger partial charge in [0.25, 0.3) is 0 Å². The molecule has 3 N–H and O–H groups in total. The fourth-order valence-electron chi connectivity index (χ4n) is 2.55. The number of nitrogens with zero attached hydrogens (tertiary/aromatic N) is 1. The summed E-state index contributed by atoms with van der Waals surface area (Å²) in [5, 5.41) is 3.54. The summed E-state index contributed by atoms with van der Waals surface area (Å²) in [6.45, 7) is 0. The zero-order valence-electron chi connectivity index (χ0n) is 11.7. The van der Waals surface area contributed by atoms with Crippen molar-refractivity contribution in [3.8, 4) is 5.75 Å². The number of aromatic nitrogens is 1. The monoisotopic (exact) mass is 327 g/mol. The molecule has 0 aliphatic heterocycles. The van der Waals surface area contributed by atoms with Crippen molar-refractivity contribution in [2.45, 2.75) is 25.3 Å². The van der Waals surface area contributed by atoms with E-state index in [4.69, 9.17) is 10.5 Å². The molecule has 0 bridgehead atoms. The Morgan fingerprint density at radius 3 is 2.95 bits per heavy atom. The van der Waals surface area contributed by atoms with Crippen LogP contribution in [0.1, 0.15) is 19.3 Å². The van der Waals surface area contributed by atoms with Gasteiger partial charge in [-0.2, -0.15) is 0 Å². The van der Waals surface area contributed by atoms with Gasteiger partial charge < -0.3 is 15.8 Å². The van der Waals surface area contributed by atoms with Gasteiger partial charge in [0.2, 0.25) is 5.91 Å².